The standard InChI is InChI=1S/C13H12F3N3O/c1-2-11-18-5-6-19(11)10-4-3-8(13(14,15)16)7-9(10)12(17)20/h3-7H,2H2,1H3,(H2,17,20). The van der Waals surface area contributed by atoms with Crippen LogP contribution in [-0.4, -0.2) is 15.5 Å². The molecule has 1 aromatic carbocycles. The number of hydrogen-bond acceptors (Lipinski definition) is 2. The molecule has 0 unspecified atom stereocenters. The predicted octanol–water partition coefficient (Wildman–Crippen LogP) is 2.55. The minimum Gasteiger partial charge on any atom is -0.366 e. The highest BCUT2D eigenvalue weighted by molar-refractivity contribution is 5.96. The maximum atomic E-state index is 12.7. The first-order valence-electron chi connectivity index (χ1n) is 5.88. The zero-order valence-electron chi connectivity index (χ0n) is 10.6. The number of halogens is 3. The Labute approximate surface area is 113 Å². The summed E-state index contributed by atoms with van der Waals surface area (Å²) in [5.74, 6) is -0.283. The van der Waals surface area contributed by atoms with Crippen molar-refractivity contribution in [1.82, 2.24) is 9.55 Å². The van der Waals surface area contributed by atoms with Gasteiger partial charge in [-0.05, 0) is 18.2 Å². The Morgan fingerprint density at radius 1 is 1.40 bits per heavy atom. The average Bonchev–Trinajstić information content (AvgIpc) is 2.84. The molecule has 0 spiro atoms. The lowest BCUT2D eigenvalue weighted by Gasteiger charge is -2.13. The molecule has 0 fully saturated rings. The van der Waals surface area contributed by atoms with Crippen LogP contribution in [0.2, 0.25) is 0 Å². The average molecular weight is 283 g/mol. The van der Waals surface area contributed by atoms with Crippen molar-refractivity contribution < 1.29 is 18.0 Å². The summed E-state index contributed by atoms with van der Waals surface area (Å²) in [4.78, 5) is 15.5. The minimum atomic E-state index is -4.52. The van der Waals surface area contributed by atoms with Gasteiger partial charge in [-0.1, -0.05) is 6.92 Å². The number of rotatable bonds is 3. The lowest BCUT2D eigenvalue weighted by Crippen LogP contribution is -2.17. The second kappa shape index (κ2) is 4.99. The minimum absolute atomic E-state index is 0.187. The van der Waals surface area contributed by atoms with Crippen LogP contribution in [0.3, 0.4) is 0 Å². The Morgan fingerprint density at radius 3 is 2.65 bits per heavy atom. The van der Waals surface area contributed by atoms with Crippen molar-refractivity contribution in [2.45, 2.75) is 19.5 Å². The van der Waals surface area contributed by atoms with E-state index >= 15 is 0 Å². The van der Waals surface area contributed by atoms with E-state index in [1.54, 1.807) is 10.8 Å². The van der Waals surface area contributed by atoms with Gasteiger partial charge in [0.15, 0.2) is 0 Å². The quantitative estimate of drug-likeness (QED) is 0.941. The zero-order chi connectivity index (χ0) is 14.9. The molecule has 2 N–H and O–H groups in total. The van der Waals surface area contributed by atoms with E-state index < -0.39 is 17.6 Å². The van der Waals surface area contributed by atoms with Crippen molar-refractivity contribution in [3.8, 4) is 5.69 Å². The fraction of sp³-hybridized carbons (Fsp3) is 0.231. The molecule has 2 rings (SSSR count). The van der Waals surface area contributed by atoms with Gasteiger partial charge in [0.1, 0.15) is 5.82 Å². The Kier molecular flexibility index (Phi) is 3.52. The van der Waals surface area contributed by atoms with E-state index in [2.05, 4.69) is 4.98 Å². The lowest BCUT2D eigenvalue weighted by molar-refractivity contribution is -0.137. The molecule has 0 aliphatic carbocycles. The number of carbonyl (C=O) groups excluding carboxylic acids is 1. The summed E-state index contributed by atoms with van der Waals surface area (Å²) in [5, 5.41) is 0. The van der Waals surface area contributed by atoms with E-state index in [1.807, 2.05) is 6.92 Å². The van der Waals surface area contributed by atoms with Crippen LogP contribution >= 0.6 is 0 Å². The van der Waals surface area contributed by atoms with Crippen molar-refractivity contribution in [3.05, 3.63) is 47.5 Å². The van der Waals surface area contributed by atoms with Crippen molar-refractivity contribution in [1.29, 1.82) is 0 Å². The van der Waals surface area contributed by atoms with Crippen LogP contribution in [0.15, 0.2) is 30.6 Å². The van der Waals surface area contributed by atoms with Crippen LogP contribution in [0.25, 0.3) is 5.69 Å². The highest BCUT2D eigenvalue weighted by Gasteiger charge is 2.31. The summed E-state index contributed by atoms with van der Waals surface area (Å²) < 4.78 is 39.6. The largest absolute Gasteiger partial charge is 0.416 e. The summed E-state index contributed by atoms with van der Waals surface area (Å²) in [6, 6.07) is 2.90. The van der Waals surface area contributed by atoms with E-state index in [-0.39, 0.29) is 5.56 Å². The number of alkyl halides is 3. The first-order chi connectivity index (χ1) is 9.34. The second-order valence-electron chi connectivity index (χ2n) is 4.16. The number of nitrogens with zero attached hydrogens (tertiary/aromatic N) is 2. The van der Waals surface area contributed by atoms with E-state index in [0.717, 1.165) is 12.1 Å². The third kappa shape index (κ3) is 2.52. The Morgan fingerprint density at radius 2 is 2.10 bits per heavy atom. The topological polar surface area (TPSA) is 60.9 Å². The van der Waals surface area contributed by atoms with Crippen LogP contribution in [0, 0.1) is 0 Å². The van der Waals surface area contributed by atoms with E-state index in [4.69, 9.17) is 5.73 Å². The van der Waals surface area contributed by atoms with Gasteiger partial charge in [0.05, 0.1) is 16.8 Å². The summed E-state index contributed by atoms with van der Waals surface area (Å²) in [5.41, 5.74) is 4.38. The van der Waals surface area contributed by atoms with Gasteiger partial charge >= 0.3 is 6.18 Å². The molecule has 0 aliphatic heterocycles. The van der Waals surface area contributed by atoms with Crippen molar-refractivity contribution in [2.75, 3.05) is 0 Å². The summed E-state index contributed by atoms with van der Waals surface area (Å²) in [6.07, 6.45) is -0.855. The summed E-state index contributed by atoms with van der Waals surface area (Å²) in [7, 11) is 0. The van der Waals surface area contributed by atoms with Crippen molar-refractivity contribution in [2.24, 2.45) is 5.73 Å². The normalized spacial score (nSPS) is 11.6. The Hall–Kier alpha value is -2.31. The number of nitrogens with two attached hydrogens (primary N) is 1. The molecule has 106 valence electrons. The van der Waals surface area contributed by atoms with Crippen molar-refractivity contribution in [3.63, 3.8) is 0 Å². The zero-order valence-corrected chi connectivity index (χ0v) is 10.6. The Balaban J connectivity index is 2.63. The first kappa shape index (κ1) is 14.1. The number of hydrogen-bond donors (Lipinski definition) is 1. The maximum Gasteiger partial charge on any atom is 0.416 e. The number of aryl methyl sites for hydroxylation is 1. The molecule has 0 radical (unpaired) electrons. The maximum absolute atomic E-state index is 12.7. The van der Waals surface area contributed by atoms with Crippen molar-refractivity contribution >= 4 is 5.91 Å². The molecule has 7 heteroatoms. The van der Waals surface area contributed by atoms with E-state index in [9.17, 15) is 18.0 Å². The molecule has 1 aromatic heterocycles. The van der Waals surface area contributed by atoms with Crippen LogP contribution in [0.5, 0.6) is 0 Å². The molecule has 0 aliphatic rings. The van der Waals surface area contributed by atoms with Gasteiger partial charge in [0.25, 0.3) is 5.91 Å². The molecule has 20 heavy (non-hydrogen) atoms. The fourth-order valence-corrected chi connectivity index (χ4v) is 1.94. The van der Waals surface area contributed by atoms with Gasteiger partial charge in [-0.2, -0.15) is 13.2 Å². The van der Waals surface area contributed by atoms with Crippen LogP contribution in [0.1, 0.15) is 28.7 Å². The highest BCUT2D eigenvalue weighted by Crippen LogP contribution is 2.31. The fourth-order valence-electron chi connectivity index (χ4n) is 1.94. The van der Waals surface area contributed by atoms with E-state index in [1.165, 1.54) is 12.3 Å². The van der Waals surface area contributed by atoms with Gasteiger partial charge in [-0.15, -0.1) is 0 Å². The number of benzene rings is 1. The molecule has 1 amide bonds. The number of aromatic nitrogens is 2. The van der Waals surface area contributed by atoms with Gasteiger partial charge in [-0.3, -0.25) is 4.79 Å². The second-order valence-corrected chi connectivity index (χ2v) is 4.16. The lowest BCUT2D eigenvalue weighted by atomic mass is 10.1. The first-order valence-corrected chi connectivity index (χ1v) is 5.88. The van der Waals surface area contributed by atoms with Crippen LogP contribution < -0.4 is 5.73 Å². The number of imidazole rings is 1. The van der Waals surface area contributed by atoms with Gasteiger partial charge < -0.3 is 10.3 Å². The van der Waals surface area contributed by atoms with Crippen LogP contribution in [0.4, 0.5) is 13.2 Å². The van der Waals surface area contributed by atoms with Gasteiger partial charge in [0.2, 0.25) is 0 Å². The molecule has 0 bridgehead atoms. The van der Waals surface area contributed by atoms with Crippen LogP contribution in [-0.2, 0) is 12.6 Å². The number of amides is 1. The molecule has 0 atom stereocenters. The monoisotopic (exact) mass is 283 g/mol. The number of carbonyl (C=O) groups is 1. The number of primary amides is 1. The highest BCUT2D eigenvalue weighted by atomic mass is 19.4. The molecule has 0 saturated carbocycles. The summed E-state index contributed by atoms with van der Waals surface area (Å²) in [6.45, 7) is 1.85. The third-order valence-electron chi connectivity index (χ3n) is 2.88. The molecule has 2 aromatic rings. The van der Waals surface area contributed by atoms with E-state index in [0.29, 0.717) is 17.9 Å². The third-order valence-corrected chi connectivity index (χ3v) is 2.88. The summed E-state index contributed by atoms with van der Waals surface area (Å²) >= 11 is 0. The van der Waals surface area contributed by atoms with Gasteiger partial charge in [0, 0.05) is 18.8 Å². The molecular weight excluding hydrogens is 271 g/mol. The predicted molar refractivity (Wildman–Crippen MR) is 66.5 cm³/mol. The van der Waals surface area contributed by atoms with Gasteiger partial charge in [-0.25, -0.2) is 4.98 Å². The SMILES string of the molecule is CCc1nccn1-c1ccc(C(F)(F)F)cc1C(N)=O. The Bertz CT molecular complexity index is 647. The molecule has 1 heterocycles. The smallest absolute Gasteiger partial charge is 0.366 e. The molecule has 0 saturated heterocycles. The molecule has 4 nitrogen and oxygen atoms in total. The molecular formula is C13H12F3N3O.